The van der Waals surface area contributed by atoms with Gasteiger partial charge >= 0.3 is 0 Å². The first-order valence-electron chi connectivity index (χ1n) is 8.66. The van der Waals surface area contributed by atoms with Gasteiger partial charge in [-0.3, -0.25) is 4.90 Å². The van der Waals surface area contributed by atoms with Gasteiger partial charge in [0, 0.05) is 18.4 Å². The predicted molar refractivity (Wildman–Crippen MR) is 95.7 cm³/mol. The maximum Gasteiger partial charge on any atom is 0.117 e. The van der Waals surface area contributed by atoms with E-state index in [0.29, 0.717) is 6.04 Å². The Kier molecular flexibility index (Phi) is 4.76. The molecule has 0 aromatic heterocycles. The van der Waals surface area contributed by atoms with Crippen LogP contribution in [0.25, 0.3) is 0 Å². The van der Waals surface area contributed by atoms with Crippen molar-refractivity contribution < 1.29 is 4.74 Å². The third-order valence-corrected chi connectivity index (χ3v) is 4.78. The highest BCUT2D eigenvalue weighted by molar-refractivity contribution is 5.58. The van der Waals surface area contributed by atoms with Crippen molar-refractivity contribution in [3.63, 3.8) is 0 Å². The van der Waals surface area contributed by atoms with Crippen LogP contribution in [0.5, 0.6) is 0 Å². The summed E-state index contributed by atoms with van der Waals surface area (Å²) < 4.78 is 5.97. The average Bonchev–Trinajstić information content (AvgIpc) is 2.53. The number of hydrogen-bond donors (Lipinski definition) is 1. The highest BCUT2D eigenvalue weighted by Gasteiger charge is 2.30. The number of ether oxygens (including phenoxy) is 1. The molecule has 0 spiro atoms. The Hall–Kier alpha value is -1.74. The Morgan fingerprint density at radius 1 is 1.30 bits per heavy atom. The maximum absolute atomic E-state index is 5.97. The smallest absolute Gasteiger partial charge is 0.117 e. The molecule has 1 N–H and O–H groups in total. The summed E-state index contributed by atoms with van der Waals surface area (Å²) in [5, 5.41) is 3.32. The van der Waals surface area contributed by atoms with Crippen LogP contribution in [-0.4, -0.2) is 31.1 Å². The predicted octanol–water partition coefficient (Wildman–Crippen LogP) is 3.89. The van der Waals surface area contributed by atoms with Gasteiger partial charge < -0.3 is 10.1 Å². The van der Waals surface area contributed by atoms with Crippen molar-refractivity contribution in [1.82, 2.24) is 10.2 Å². The van der Waals surface area contributed by atoms with Gasteiger partial charge in [0.25, 0.3) is 0 Å². The van der Waals surface area contributed by atoms with Crippen LogP contribution < -0.4 is 5.32 Å². The van der Waals surface area contributed by atoms with Gasteiger partial charge in [-0.2, -0.15) is 0 Å². The molecule has 0 bridgehead atoms. The molecule has 1 atom stereocenters. The topological polar surface area (TPSA) is 24.5 Å². The van der Waals surface area contributed by atoms with Gasteiger partial charge in [0.2, 0.25) is 0 Å². The molecule has 0 amide bonds. The number of rotatable bonds is 5. The maximum atomic E-state index is 5.97. The van der Waals surface area contributed by atoms with Crippen molar-refractivity contribution in [2.24, 2.45) is 5.92 Å². The molecule has 0 aromatic carbocycles. The van der Waals surface area contributed by atoms with E-state index in [9.17, 15) is 0 Å². The fraction of sp³-hybridized carbons (Fsp3) is 0.500. The van der Waals surface area contributed by atoms with Gasteiger partial charge in [-0.1, -0.05) is 19.9 Å². The van der Waals surface area contributed by atoms with Gasteiger partial charge in [-0.25, -0.2) is 0 Å². The average molecular weight is 312 g/mol. The summed E-state index contributed by atoms with van der Waals surface area (Å²) in [6, 6.07) is 0.314. The van der Waals surface area contributed by atoms with Crippen LogP contribution in [0.15, 0.2) is 58.7 Å². The van der Waals surface area contributed by atoms with E-state index in [1.165, 1.54) is 28.8 Å². The SMILES string of the molecule is CC1=C2CN(C)C3C=C(OCCCC(C)C)C=CC3=C2C=CN1. The van der Waals surface area contributed by atoms with E-state index in [-0.39, 0.29) is 0 Å². The summed E-state index contributed by atoms with van der Waals surface area (Å²) in [6.45, 7) is 8.45. The van der Waals surface area contributed by atoms with Crippen molar-refractivity contribution >= 4 is 0 Å². The summed E-state index contributed by atoms with van der Waals surface area (Å²) in [6.07, 6.45) is 13.2. The number of allylic oxidation sites excluding steroid dienone is 3. The summed E-state index contributed by atoms with van der Waals surface area (Å²) in [5.41, 5.74) is 5.41. The van der Waals surface area contributed by atoms with Gasteiger partial charge in [0.15, 0.2) is 0 Å². The Bertz CT molecular complexity index is 620. The highest BCUT2D eigenvalue weighted by atomic mass is 16.5. The van der Waals surface area contributed by atoms with Crippen LogP contribution in [0, 0.1) is 5.92 Å². The van der Waals surface area contributed by atoms with E-state index < -0.39 is 0 Å². The number of nitrogens with one attached hydrogen (secondary N) is 1. The Morgan fingerprint density at radius 2 is 2.13 bits per heavy atom. The third kappa shape index (κ3) is 3.45. The van der Waals surface area contributed by atoms with Gasteiger partial charge in [0.05, 0.1) is 12.6 Å². The van der Waals surface area contributed by atoms with Gasteiger partial charge in [-0.05, 0) is 67.7 Å². The first-order valence-corrected chi connectivity index (χ1v) is 8.66. The molecular weight excluding hydrogens is 284 g/mol. The number of likely N-dealkylation sites (N-methyl/N-ethyl adjacent to an activating group) is 1. The van der Waals surface area contributed by atoms with E-state index >= 15 is 0 Å². The second-order valence-corrected chi connectivity index (χ2v) is 7.10. The molecule has 3 heteroatoms. The molecule has 3 nitrogen and oxygen atoms in total. The largest absolute Gasteiger partial charge is 0.494 e. The Balaban J connectivity index is 1.74. The lowest BCUT2D eigenvalue weighted by Gasteiger charge is -2.38. The molecule has 3 rings (SSSR count). The van der Waals surface area contributed by atoms with E-state index in [1.807, 2.05) is 6.20 Å². The minimum absolute atomic E-state index is 0.314. The van der Waals surface area contributed by atoms with Crippen LogP contribution in [0.4, 0.5) is 0 Å². The molecule has 0 fully saturated rings. The van der Waals surface area contributed by atoms with Crippen LogP contribution in [-0.2, 0) is 4.74 Å². The first kappa shape index (κ1) is 16.1. The molecule has 23 heavy (non-hydrogen) atoms. The molecule has 3 aliphatic rings. The number of dihydropyridines is 1. The fourth-order valence-electron chi connectivity index (χ4n) is 3.42. The third-order valence-electron chi connectivity index (χ3n) is 4.78. The quantitative estimate of drug-likeness (QED) is 0.779. The zero-order valence-corrected chi connectivity index (χ0v) is 14.7. The molecule has 0 radical (unpaired) electrons. The van der Waals surface area contributed by atoms with E-state index in [0.717, 1.165) is 31.2 Å². The van der Waals surface area contributed by atoms with Crippen molar-refractivity contribution in [2.75, 3.05) is 20.2 Å². The Labute approximate surface area is 140 Å². The molecule has 0 aromatic rings. The van der Waals surface area contributed by atoms with Gasteiger partial charge in [0.1, 0.15) is 5.76 Å². The summed E-state index contributed by atoms with van der Waals surface area (Å²) in [5.74, 6) is 1.76. The zero-order chi connectivity index (χ0) is 16.4. The van der Waals surface area contributed by atoms with Crippen LogP contribution in [0.1, 0.15) is 33.6 Å². The molecule has 1 unspecified atom stereocenters. The molecule has 2 aliphatic heterocycles. The molecule has 124 valence electrons. The van der Waals surface area contributed by atoms with E-state index in [2.05, 4.69) is 62.3 Å². The summed E-state index contributed by atoms with van der Waals surface area (Å²) in [7, 11) is 2.19. The lowest BCUT2D eigenvalue weighted by molar-refractivity contribution is 0.206. The standard InChI is InChI=1S/C20H28N2O/c1-14(2)6-5-11-23-16-7-8-18-17-9-10-21-15(3)19(17)13-22(4)20(18)12-16/h7-10,12,14,20-21H,5-6,11,13H2,1-4H3. The molecule has 2 heterocycles. The molecule has 1 aliphatic carbocycles. The van der Waals surface area contributed by atoms with Gasteiger partial charge in [-0.15, -0.1) is 0 Å². The van der Waals surface area contributed by atoms with E-state index in [4.69, 9.17) is 4.74 Å². The first-order chi connectivity index (χ1) is 11.1. The Morgan fingerprint density at radius 3 is 2.91 bits per heavy atom. The van der Waals surface area contributed by atoms with Crippen LogP contribution in [0.3, 0.4) is 0 Å². The van der Waals surface area contributed by atoms with Crippen molar-refractivity contribution in [1.29, 1.82) is 0 Å². The fourth-order valence-corrected chi connectivity index (χ4v) is 3.42. The lowest BCUT2D eigenvalue weighted by atomic mass is 9.85. The monoisotopic (exact) mass is 312 g/mol. The zero-order valence-electron chi connectivity index (χ0n) is 14.7. The molecule has 0 saturated heterocycles. The molecule has 0 saturated carbocycles. The normalized spacial score (nSPS) is 23.7. The molecular formula is C20H28N2O. The van der Waals surface area contributed by atoms with Crippen molar-refractivity contribution in [2.45, 2.75) is 39.7 Å². The summed E-state index contributed by atoms with van der Waals surface area (Å²) >= 11 is 0. The second kappa shape index (κ2) is 6.79. The van der Waals surface area contributed by atoms with Crippen molar-refractivity contribution in [3.8, 4) is 0 Å². The van der Waals surface area contributed by atoms with Crippen LogP contribution in [0.2, 0.25) is 0 Å². The number of hydrogen-bond acceptors (Lipinski definition) is 3. The van der Waals surface area contributed by atoms with Crippen LogP contribution >= 0.6 is 0 Å². The van der Waals surface area contributed by atoms with Crippen molar-refractivity contribution in [3.05, 3.63) is 58.7 Å². The lowest BCUT2D eigenvalue weighted by Crippen LogP contribution is -2.40. The number of fused-ring (bicyclic) bond motifs is 2. The highest BCUT2D eigenvalue weighted by Crippen LogP contribution is 2.35. The second-order valence-electron chi connectivity index (χ2n) is 7.10. The minimum atomic E-state index is 0.314. The minimum Gasteiger partial charge on any atom is -0.494 e. The number of nitrogens with zero attached hydrogens (tertiary/aromatic N) is 1. The summed E-state index contributed by atoms with van der Waals surface area (Å²) in [4.78, 5) is 2.39. The van der Waals surface area contributed by atoms with E-state index in [1.54, 1.807) is 0 Å².